The molecule has 0 aromatic carbocycles. The maximum Gasteiger partial charge on any atom is 0.242 e. The van der Waals surface area contributed by atoms with Crippen LogP contribution in [0.5, 0.6) is 0 Å². The van der Waals surface area contributed by atoms with Crippen molar-refractivity contribution < 1.29 is 9.59 Å². The first-order valence-electron chi connectivity index (χ1n) is 7.94. The SMILES string of the molecule is CC(C)[C@H](N)C(=O)NCC(=O)N1CCCC1CC(C)(C)C.Cl. The van der Waals surface area contributed by atoms with Crippen LogP contribution in [0.15, 0.2) is 0 Å². The Morgan fingerprint density at radius 2 is 1.91 bits per heavy atom. The zero-order valence-electron chi connectivity index (χ0n) is 14.5. The highest BCUT2D eigenvalue weighted by atomic mass is 35.5. The summed E-state index contributed by atoms with van der Waals surface area (Å²) in [5.74, 6) is -0.170. The number of hydrogen-bond donors (Lipinski definition) is 2. The van der Waals surface area contributed by atoms with Gasteiger partial charge in [0.2, 0.25) is 11.8 Å². The second-order valence-electron chi connectivity index (χ2n) is 7.64. The van der Waals surface area contributed by atoms with E-state index in [1.807, 2.05) is 18.7 Å². The predicted molar refractivity (Wildman–Crippen MR) is 91.9 cm³/mol. The van der Waals surface area contributed by atoms with E-state index in [0.717, 1.165) is 25.8 Å². The lowest BCUT2D eigenvalue weighted by Gasteiger charge is -2.30. The van der Waals surface area contributed by atoms with Crippen molar-refractivity contribution in [2.24, 2.45) is 17.1 Å². The topological polar surface area (TPSA) is 75.4 Å². The molecule has 1 heterocycles. The minimum absolute atomic E-state index is 0. The highest BCUT2D eigenvalue weighted by Gasteiger charge is 2.31. The summed E-state index contributed by atoms with van der Waals surface area (Å²) in [6.07, 6.45) is 3.10. The van der Waals surface area contributed by atoms with Crippen LogP contribution < -0.4 is 11.1 Å². The molecule has 1 fully saturated rings. The van der Waals surface area contributed by atoms with Crippen LogP contribution in [-0.2, 0) is 9.59 Å². The molecule has 130 valence electrons. The van der Waals surface area contributed by atoms with Gasteiger partial charge in [-0.25, -0.2) is 0 Å². The quantitative estimate of drug-likeness (QED) is 0.807. The Morgan fingerprint density at radius 3 is 2.41 bits per heavy atom. The molecule has 0 aliphatic carbocycles. The van der Waals surface area contributed by atoms with Crippen molar-refractivity contribution in [3.8, 4) is 0 Å². The molecule has 5 nitrogen and oxygen atoms in total. The summed E-state index contributed by atoms with van der Waals surface area (Å²) in [4.78, 5) is 26.0. The van der Waals surface area contributed by atoms with Crippen LogP contribution in [0.3, 0.4) is 0 Å². The van der Waals surface area contributed by atoms with Crippen molar-refractivity contribution in [2.75, 3.05) is 13.1 Å². The number of carbonyl (C=O) groups is 2. The summed E-state index contributed by atoms with van der Waals surface area (Å²) in [6.45, 7) is 11.2. The third-order valence-corrected chi connectivity index (χ3v) is 3.98. The molecule has 0 aromatic heterocycles. The van der Waals surface area contributed by atoms with Crippen molar-refractivity contribution >= 4 is 24.2 Å². The van der Waals surface area contributed by atoms with Gasteiger partial charge in [-0.3, -0.25) is 9.59 Å². The van der Waals surface area contributed by atoms with E-state index in [1.165, 1.54) is 0 Å². The minimum Gasteiger partial charge on any atom is -0.346 e. The second-order valence-corrected chi connectivity index (χ2v) is 7.64. The first-order valence-corrected chi connectivity index (χ1v) is 7.94. The molecule has 0 spiro atoms. The Balaban J connectivity index is 0.00000441. The van der Waals surface area contributed by atoms with Crippen molar-refractivity contribution in [2.45, 2.75) is 66.0 Å². The largest absolute Gasteiger partial charge is 0.346 e. The number of rotatable bonds is 5. The number of nitrogens with two attached hydrogens (primary N) is 1. The summed E-state index contributed by atoms with van der Waals surface area (Å²) < 4.78 is 0. The van der Waals surface area contributed by atoms with Gasteiger partial charge in [0, 0.05) is 12.6 Å². The molecule has 1 saturated heterocycles. The van der Waals surface area contributed by atoms with Crippen molar-refractivity contribution in [3.05, 3.63) is 0 Å². The van der Waals surface area contributed by atoms with Crippen LogP contribution in [-0.4, -0.2) is 41.9 Å². The fourth-order valence-electron chi connectivity index (χ4n) is 2.77. The van der Waals surface area contributed by atoms with Gasteiger partial charge in [-0.05, 0) is 30.6 Å². The molecule has 2 amide bonds. The molecular formula is C16H32ClN3O2. The van der Waals surface area contributed by atoms with E-state index in [4.69, 9.17) is 5.73 Å². The van der Waals surface area contributed by atoms with Gasteiger partial charge in [0.1, 0.15) is 0 Å². The van der Waals surface area contributed by atoms with Gasteiger partial charge >= 0.3 is 0 Å². The zero-order chi connectivity index (χ0) is 16.2. The number of halogens is 1. The smallest absolute Gasteiger partial charge is 0.242 e. The molecule has 6 heteroatoms. The average Bonchev–Trinajstić information content (AvgIpc) is 2.80. The number of carbonyl (C=O) groups excluding carboxylic acids is 2. The summed E-state index contributed by atoms with van der Waals surface area (Å²) in [5.41, 5.74) is 5.98. The molecule has 0 saturated carbocycles. The van der Waals surface area contributed by atoms with Gasteiger partial charge in [0.25, 0.3) is 0 Å². The maximum atomic E-state index is 12.3. The molecule has 1 unspecified atom stereocenters. The van der Waals surface area contributed by atoms with E-state index in [9.17, 15) is 9.59 Å². The van der Waals surface area contributed by atoms with E-state index in [1.54, 1.807) is 0 Å². The zero-order valence-corrected chi connectivity index (χ0v) is 15.3. The van der Waals surface area contributed by atoms with Gasteiger partial charge < -0.3 is 16.0 Å². The summed E-state index contributed by atoms with van der Waals surface area (Å²) in [7, 11) is 0. The lowest BCUT2D eigenvalue weighted by molar-refractivity contribution is -0.134. The third-order valence-electron chi connectivity index (χ3n) is 3.98. The predicted octanol–water partition coefficient (Wildman–Crippen LogP) is 1.93. The van der Waals surface area contributed by atoms with Crippen LogP contribution in [0, 0.1) is 11.3 Å². The van der Waals surface area contributed by atoms with Gasteiger partial charge in [0.05, 0.1) is 12.6 Å². The summed E-state index contributed by atoms with van der Waals surface area (Å²) >= 11 is 0. The normalized spacial score (nSPS) is 19.8. The molecule has 1 aliphatic heterocycles. The lowest BCUT2D eigenvalue weighted by atomic mass is 9.87. The van der Waals surface area contributed by atoms with Crippen molar-refractivity contribution in [3.63, 3.8) is 0 Å². The Morgan fingerprint density at radius 1 is 1.32 bits per heavy atom. The maximum absolute atomic E-state index is 12.3. The number of nitrogens with one attached hydrogen (secondary N) is 1. The highest BCUT2D eigenvalue weighted by molar-refractivity contribution is 5.87. The van der Waals surface area contributed by atoms with Crippen LogP contribution in [0.4, 0.5) is 0 Å². The number of hydrogen-bond acceptors (Lipinski definition) is 3. The number of nitrogens with zero attached hydrogens (tertiary/aromatic N) is 1. The highest BCUT2D eigenvalue weighted by Crippen LogP contribution is 2.29. The number of amides is 2. The Bertz CT molecular complexity index is 380. The second kappa shape index (κ2) is 8.73. The Labute approximate surface area is 140 Å². The number of likely N-dealkylation sites (tertiary alicyclic amines) is 1. The molecular weight excluding hydrogens is 302 g/mol. The van der Waals surface area contributed by atoms with Gasteiger partial charge in [-0.1, -0.05) is 34.6 Å². The van der Waals surface area contributed by atoms with Crippen molar-refractivity contribution in [1.82, 2.24) is 10.2 Å². The fraction of sp³-hybridized carbons (Fsp3) is 0.875. The first kappa shape index (κ1) is 21.2. The lowest BCUT2D eigenvalue weighted by Crippen LogP contribution is -2.49. The van der Waals surface area contributed by atoms with Gasteiger partial charge in [0.15, 0.2) is 0 Å². The van der Waals surface area contributed by atoms with Crippen LogP contribution in [0.2, 0.25) is 0 Å². The van der Waals surface area contributed by atoms with E-state index in [0.29, 0.717) is 6.04 Å². The van der Waals surface area contributed by atoms with Crippen LogP contribution >= 0.6 is 12.4 Å². The molecule has 3 N–H and O–H groups in total. The van der Waals surface area contributed by atoms with Gasteiger partial charge in [-0.2, -0.15) is 0 Å². The molecule has 0 radical (unpaired) electrons. The Hall–Kier alpha value is -0.810. The molecule has 22 heavy (non-hydrogen) atoms. The molecule has 1 aliphatic rings. The molecule has 2 atom stereocenters. The van der Waals surface area contributed by atoms with Crippen LogP contribution in [0.1, 0.15) is 53.9 Å². The monoisotopic (exact) mass is 333 g/mol. The fourth-order valence-corrected chi connectivity index (χ4v) is 2.77. The molecule has 0 aromatic rings. The van der Waals surface area contributed by atoms with E-state index in [2.05, 4.69) is 26.1 Å². The minimum atomic E-state index is -0.554. The standard InChI is InChI=1S/C16H31N3O2.ClH/c1-11(2)14(17)15(21)18-10-13(20)19-8-6-7-12(19)9-16(3,4)5;/h11-12,14H,6-10,17H2,1-5H3,(H,18,21);1H/t12?,14-;/m0./s1. The summed E-state index contributed by atoms with van der Waals surface area (Å²) in [5, 5.41) is 2.67. The third kappa shape index (κ3) is 6.53. The van der Waals surface area contributed by atoms with E-state index < -0.39 is 6.04 Å². The average molecular weight is 334 g/mol. The molecule has 1 rings (SSSR count). The van der Waals surface area contributed by atoms with Gasteiger partial charge in [-0.15, -0.1) is 12.4 Å². The Kier molecular flexibility index (Phi) is 8.40. The van der Waals surface area contributed by atoms with Crippen molar-refractivity contribution in [1.29, 1.82) is 0 Å². The van der Waals surface area contributed by atoms with E-state index in [-0.39, 0.29) is 42.1 Å². The van der Waals surface area contributed by atoms with Crippen LogP contribution in [0.25, 0.3) is 0 Å². The molecule has 0 bridgehead atoms. The first-order chi connectivity index (χ1) is 9.61. The van der Waals surface area contributed by atoms with E-state index >= 15 is 0 Å². The summed E-state index contributed by atoms with van der Waals surface area (Å²) in [6, 6.07) is -0.255.